The molecule has 0 radical (unpaired) electrons. The molecule has 1 N–H and O–H groups in total. The molecule has 1 aromatic heterocycles. The second-order valence-electron chi connectivity index (χ2n) is 8.95. The largest absolute Gasteiger partial charge is 0.350 e. The normalized spacial score (nSPS) is 17.6. The van der Waals surface area contributed by atoms with E-state index in [0.717, 1.165) is 22.0 Å². The second-order valence-corrected chi connectivity index (χ2v) is 9.39. The van der Waals surface area contributed by atoms with Crippen molar-refractivity contribution in [1.82, 2.24) is 14.8 Å². The highest BCUT2D eigenvalue weighted by atomic mass is 35.5. The molecule has 5 nitrogen and oxygen atoms in total. The molecule has 0 fully saturated rings. The number of nitrogens with one attached hydrogen (secondary N) is 1. The molecular formula is C28H26ClN3O2. The van der Waals surface area contributed by atoms with Crippen molar-refractivity contribution < 1.29 is 9.59 Å². The van der Waals surface area contributed by atoms with Crippen molar-refractivity contribution >= 4 is 34.3 Å². The first-order chi connectivity index (χ1) is 16.5. The number of fused-ring (bicyclic) bond motifs is 3. The molecule has 5 rings (SSSR count). The summed E-state index contributed by atoms with van der Waals surface area (Å²) in [6, 6.07) is 27.2. The standard InChI is InChI=1S/C28H26ClN3O2/c1-28(27(34)30-18-21-7-3-2-4-8-21)19-31-24-10-6-5-9-22(24)17-25(31)26(33)32(28)16-15-20-11-13-23(29)14-12-20/h2-14,17H,15-16,18-19H2,1H3,(H,30,34). The van der Waals surface area contributed by atoms with Gasteiger partial charge in [0.15, 0.2) is 0 Å². The molecule has 0 bridgehead atoms. The van der Waals surface area contributed by atoms with Crippen LogP contribution in [0.5, 0.6) is 0 Å². The van der Waals surface area contributed by atoms with Gasteiger partial charge >= 0.3 is 0 Å². The van der Waals surface area contributed by atoms with Crippen LogP contribution in [0.2, 0.25) is 5.02 Å². The average Bonchev–Trinajstić information content (AvgIpc) is 3.22. The maximum atomic E-state index is 13.8. The number of aromatic nitrogens is 1. The van der Waals surface area contributed by atoms with Crippen LogP contribution in [0.15, 0.2) is 84.9 Å². The minimum Gasteiger partial charge on any atom is -0.350 e. The number of nitrogens with zero attached hydrogens (tertiary/aromatic N) is 2. The third-order valence-corrected chi connectivity index (χ3v) is 6.91. The minimum atomic E-state index is -1.03. The smallest absolute Gasteiger partial charge is 0.271 e. The summed E-state index contributed by atoms with van der Waals surface area (Å²) in [5.74, 6) is -0.294. The number of para-hydroxylation sites is 1. The van der Waals surface area contributed by atoms with Gasteiger partial charge in [0.2, 0.25) is 5.91 Å². The number of halogens is 1. The summed E-state index contributed by atoms with van der Waals surface area (Å²) in [4.78, 5) is 29.1. The van der Waals surface area contributed by atoms with Gasteiger partial charge in [-0.1, -0.05) is 72.3 Å². The van der Waals surface area contributed by atoms with Crippen molar-refractivity contribution in [1.29, 1.82) is 0 Å². The van der Waals surface area contributed by atoms with Gasteiger partial charge < -0.3 is 14.8 Å². The van der Waals surface area contributed by atoms with Crippen LogP contribution in [-0.4, -0.2) is 33.4 Å². The van der Waals surface area contributed by atoms with E-state index in [9.17, 15) is 9.59 Å². The zero-order valence-electron chi connectivity index (χ0n) is 19.0. The first-order valence-corrected chi connectivity index (χ1v) is 11.8. The Morgan fingerprint density at radius 1 is 0.971 bits per heavy atom. The van der Waals surface area contributed by atoms with Crippen LogP contribution < -0.4 is 5.32 Å². The van der Waals surface area contributed by atoms with Crippen molar-refractivity contribution in [2.45, 2.75) is 32.0 Å². The van der Waals surface area contributed by atoms with Gasteiger partial charge in [-0.05, 0) is 48.7 Å². The Morgan fingerprint density at radius 2 is 1.68 bits per heavy atom. The molecule has 3 aromatic carbocycles. The predicted molar refractivity (Wildman–Crippen MR) is 135 cm³/mol. The SMILES string of the molecule is CC1(C(=O)NCc2ccccc2)Cn2c(cc3ccccc32)C(=O)N1CCc1ccc(Cl)cc1. The summed E-state index contributed by atoms with van der Waals surface area (Å²) < 4.78 is 1.98. The Morgan fingerprint density at radius 3 is 2.44 bits per heavy atom. The highest BCUT2D eigenvalue weighted by Crippen LogP contribution is 2.32. The molecule has 34 heavy (non-hydrogen) atoms. The third kappa shape index (κ3) is 4.08. The monoisotopic (exact) mass is 471 g/mol. The lowest BCUT2D eigenvalue weighted by molar-refractivity contribution is -0.133. The van der Waals surface area contributed by atoms with E-state index in [-0.39, 0.29) is 11.8 Å². The van der Waals surface area contributed by atoms with E-state index in [1.165, 1.54) is 0 Å². The highest BCUT2D eigenvalue weighted by Gasteiger charge is 2.47. The Hall–Kier alpha value is -3.57. The molecule has 2 heterocycles. The van der Waals surface area contributed by atoms with Crippen LogP contribution in [-0.2, 0) is 24.3 Å². The Kier molecular flexibility index (Phi) is 5.88. The van der Waals surface area contributed by atoms with Gasteiger partial charge in [-0.15, -0.1) is 0 Å². The zero-order valence-corrected chi connectivity index (χ0v) is 19.8. The predicted octanol–water partition coefficient (Wildman–Crippen LogP) is 5.07. The van der Waals surface area contributed by atoms with Crippen LogP contribution in [0, 0.1) is 0 Å². The highest BCUT2D eigenvalue weighted by molar-refractivity contribution is 6.30. The van der Waals surface area contributed by atoms with E-state index in [1.807, 2.05) is 96.4 Å². The van der Waals surface area contributed by atoms with Gasteiger partial charge in [-0.25, -0.2) is 0 Å². The zero-order chi connectivity index (χ0) is 23.7. The molecule has 6 heteroatoms. The van der Waals surface area contributed by atoms with Crippen LogP contribution in [0.3, 0.4) is 0 Å². The molecular weight excluding hydrogens is 446 g/mol. The molecule has 1 aliphatic heterocycles. The number of benzene rings is 3. The van der Waals surface area contributed by atoms with Gasteiger partial charge in [0.1, 0.15) is 11.2 Å². The van der Waals surface area contributed by atoms with E-state index in [2.05, 4.69) is 5.32 Å². The van der Waals surface area contributed by atoms with Crippen molar-refractivity contribution in [3.8, 4) is 0 Å². The Balaban J connectivity index is 1.47. The molecule has 172 valence electrons. The molecule has 1 atom stereocenters. The quantitative estimate of drug-likeness (QED) is 0.427. The van der Waals surface area contributed by atoms with Gasteiger partial charge in [0.05, 0.1) is 6.54 Å². The van der Waals surface area contributed by atoms with E-state index >= 15 is 0 Å². The summed E-state index contributed by atoms with van der Waals surface area (Å²) in [6.45, 7) is 3.10. The number of carbonyl (C=O) groups is 2. The van der Waals surface area contributed by atoms with Crippen LogP contribution in [0.1, 0.15) is 28.5 Å². The Bertz CT molecular complexity index is 1350. The van der Waals surface area contributed by atoms with Gasteiger partial charge in [0, 0.05) is 29.0 Å². The van der Waals surface area contributed by atoms with Crippen LogP contribution in [0.4, 0.5) is 0 Å². The third-order valence-electron chi connectivity index (χ3n) is 6.66. The second kappa shape index (κ2) is 8.99. The molecule has 4 aromatic rings. The number of hydrogen-bond acceptors (Lipinski definition) is 2. The van der Waals surface area contributed by atoms with Crippen molar-refractivity contribution in [3.63, 3.8) is 0 Å². The van der Waals surface area contributed by atoms with Crippen LogP contribution >= 0.6 is 11.6 Å². The average molecular weight is 472 g/mol. The molecule has 0 saturated carbocycles. The summed E-state index contributed by atoms with van der Waals surface area (Å²) in [7, 11) is 0. The summed E-state index contributed by atoms with van der Waals surface area (Å²) in [6.07, 6.45) is 0.630. The molecule has 1 aliphatic rings. The first kappa shape index (κ1) is 22.2. The lowest BCUT2D eigenvalue weighted by Crippen LogP contribution is -2.64. The number of rotatable bonds is 6. The fourth-order valence-corrected chi connectivity index (χ4v) is 4.84. The van der Waals surface area contributed by atoms with Gasteiger partial charge in [0.25, 0.3) is 5.91 Å². The summed E-state index contributed by atoms with van der Waals surface area (Å²) in [5.41, 5.74) is 2.63. The number of amides is 2. The van der Waals surface area contributed by atoms with Crippen molar-refractivity contribution in [3.05, 3.63) is 107 Å². The summed E-state index contributed by atoms with van der Waals surface area (Å²) >= 11 is 6.03. The maximum Gasteiger partial charge on any atom is 0.271 e. The lowest BCUT2D eigenvalue weighted by atomic mass is 9.93. The Labute approximate surface area is 203 Å². The maximum absolute atomic E-state index is 13.8. The van der Waals surface area contributed by atoms with Gasteiger partial charge in [-0.3, -0.25) is 9.59 Å². The van der Waals surface area contributed by atoms with E-state index in [4.69, 9.17) is 11.6 Å². The molecule has 0 aliphatic carbocycles. The molecule has 0 spiro atoms. The molecule has 2 amide bonds. The molecule has 1 unspecified atom stereocenters. The van der Waals surface area contributed by atoms with E-state index < -0.39 is 5.54 Å². The lowest BCUT2D eigenvalue weighted by Gasteiger charge is -2.44. The fourth-order valence-electron chi connectivity index (χ4n) is 4.72. The van der Waals surface area contributed by atoms with Crippen molar-refractivity contribution in [2.75, 3.05) is 6.54 Å². The fraction of sp³-hybridized carbons (Fsp3) is 0.214. The topological polar surface area (TPSA) is 54.3 Å². The van der Waals surface area contributed by atoms with E-state index in [0.29, 0.717) is 36.8 Å². The minimum absolute atomic E-state index is 0.131. The van der Waals surface area contributed by atoms with Gasteiger partial charge in [-0.2, -0.15) is 0 Å². The van der Waals surface area contributed by atoms with E-state index in [1.54, 1.807) is 4.90 Å². The first-order valence-electron chi connectivity index (χ1n) is 11.4. The van der Waals surface area contributed by atoms with Crippen molar-refractivity contribution in [2.24, 2.45) is 0 Å². The number of hydrogen-bond donors (Lipinski definition) is 1. The number of carbonyl (C=O) groups excluding carboxylic acids is 2. The summed E-state index contributed by atoms with van der Waals surface area (Å²) in [5, 5.41) is 4.74. The van der Waals surface area contributed by atoms with Crippen LogP contribution in [0.25, 0.3) is 10.9 Å². The molecule has 0 saturated heterocycles.